The Bertz CT molecular complexity index is 910. The first-order valence-electron chi connectivity index (χ1n) is 8.65. The number of carbonyl (C=O) groups excluding carboxylic acids is 1. The number of aromatic nitrogens is 2. The monoisotopic (exact) mass is 355 g/mol. The van der Waals surface area contributed by atoms with E-state index in [0.29, 0.717) is 24.6 Å². The second kappa shape index (κ2) is 6.61. The largest absolute Gasteiger partial charge is 0.461 e. The third-order valence-corrected chi connectivity index (χ3v) is 5.87. The van der Waals surface area contributed by atoms with E-state index in [-0.39, 0.29) is 12.0 Å². The number of carbonyl (C=O) groups is 1. The van der Waals surface area contributed by atoms with Crippen LogP contribution in [0, 0.1) is 0 Å². The van der Waals surface area contributed by atoms with Crippen LogP contribution in [0.5, 0.6) is 0 Å². The number of ether oxygens (including phenoxy) is 1. The summed E-state index contributed by atoms with van der Waals surface area (Å²) in [5.74, 6) is 0.122. The van der Waals surface area contributed by atoms with Gasteiger partial charge in [-0.2, -0.15) is 0 Å². The molecule has 0 spiro atoms. The van der Waals surface area contributed by atoms with E-state index in [9.17, 15) is 4.79 Å². The van der Waals surface area contributed by atoms with Crippen LogP contribution in [0.2, 0.25) is 0 Å². The molecular weight excluding hydrogens is 334 g/mol. The Morgan fingerprint density at radius 2 is 2.24 bits per heavy atom. The second-order valence-corrected chi connectivity index (χ2v) is 7.49. The van der Waals surface area contributed by atoms with Crippen LogP contribution >= 0.6 is 11.3 Å². The maximum atomic E-state index is 12.2. The molecule has 0 bridgehead atoms. The number of nitrogens with two attached hydrogens (primary N) is 1. The Balaban J connectivity index is 1.60. The third kappa shape index (κ3) is 3.19. The number of para-hydroxylation sites is 1. The molecule has 2 aromatic heterocycles. The first kappa shape index (κ1) is 16.3. The zero-order valence-corrected chi connectivity index (χ0v) is 14.9. The maximum absolute atomic E-state index is 12.2. The van der Waals surface area contributed by atoms with Gasteiger partial charge in [-0.3, -0.25) is 0 Å². The summed E-state index contributed by atoms with van der Waals surface area (Å²) in [6, 6.07) is 7.95. The minimum Gasteiger partial charge on any atom is -0.461 e. The van der Waals surface area contributed by atoms with Crippen LogP contribution in [-0.4, -0.2) is 22.5 Å². The van der Waals surface area contributed by atoms with Crippen molar-refractivity contribution in [1.82, 2.24) is 9.97 Å². The normalized spacial score (nSPS) is 15.4. The maximum Gasteiger partial charge on any atom is 0.358 e. The highest BCUT2D eigenvalue weighted by molar-refractivity contribution is 7.12. The Morgan fingerprint density at radius 1 is 1.44 bits per heavy atom. The minimum absolute atomic E-state index is 0.232. The fraction of sp³-hybridized carbons (Fsp3) is 0.368. The van der Waals surface area contributed by atoms with Gasteiger partial charge in [-0.25, -0.2) is 9.78 Å². The standard InChI is InChI=1S/C19H21N3O2S/c1-2-24-19(23)16-17(11-7-8-11)25-18(22-16)14(20)9-12-10-21-15-6-4-3-5-13(12)15/h3-6,10-11,14,21H,2,7-9,20H2,1H3/t14-/m1/s1. The molecule has 3 N–H and O–H groups in total. The highest BCUT2D eigenvalue weighted by Crippen LogP contribution is 2.45. The topological polar surface area (TPSA) is 81.0 Å². The predicted octanol–water partition coefficient (Wildman–Crippen LogP) is 3.92. The van der Waals surface area contributed by atoms with Gasteiger partial charge in [0, 0.05) is 22.0 Å². The zero-order chi connectivity index (χ0) is 17.4. The van der Waals surface area contributed by atoms with Gasteiger partial charge >= 0.3 is 5.97 Å². The molecule has 2 heterocycles. The number of aromatic amines is 1. The number of hydrogen-bond acceptors (Lipinski definition) is 5. The predicted molar refractivity (Wildman–Crippen MR) is 99.0 cm³/mol. The lowest BCUT2D eigenvalue weighted by Crippen LogP contribution is -2.14. The number of esters is 1. The molecule has 3 aromatic rings. The molecule has 4 rings (SSSR count). The van der Waals surface area contributed by atoms with Gasteiger partial charge in [0.15, 0.2) is 5.69 Å². The molecule has 1 aliphatic carbocycles. The van der Waals surface area contributed by atoms with Crippen molar-refractivity contribution in [2.45, 2.75) is 38.1 Å². The number of nitrogens with zero attached hydrogens (tertiary/aromatic N) is 1. The summed E-state index contributed by atoms with van der Waals surface area (Å²) < 4.78 is 5.16. The molecular formula is C19H21N3O2S. The quantitative estimate of drug-likeness (QED) is 0.657. The van der Waals surface area contributed by atoms with Crippen molar-refractivity contribution in [1.29, 1.82) is 0 Å². The van der Waals surface area contributed by atoms with E-state index >= 15 is 0 Å². The highest BCUT2D eigenvalue weighted by atomic mass is 32.1. The lowest BCUT2D eigenvalue weighted by molar-refractivity contribution is 0.0519. The van der Waals surface area contributed by atoms with Crippen LogP contribution in [0.25, 0.3) is 10.9 Å². The number of nitrogens with one attached hydrogen (secondary N) is 1. The lowest BCUT2D eigenvalue weighted by atomic mass is 10.1. The molecule has 1 atom stereocenters. The molecule has 0 aliphatic heterocycles. The Kier molecular flexibility index (Phi) is 4.31. The molecule has 0 unspecified atom stereocenters. The molecule has 1 aromatic carbocycles. The zero-order valence-electron chi connectivity index (χ0n) is 14.1. The van der Waals surface area contributed by atoms with Crippen LogP contribution in [0.3, 0.4) is 0 Å². The summed E-state index contributed by atoms with van der Waals surface area (Å²) in [7, 11) is 0. The summed E-state index contributed by atoms with van der Waals surface area (Å²) in [4.78, 5) is 21.1. The molecule has 0 amide bonds. The highest BCUT2D eigenvalue weighted by Gasteiger charge is 2.33. The summed E-state index contributed by atoms with van der Waals surface area (Å²) in [6.07, 6.45) is 4.92. The summed E-state index contributed by atoms with van der Waals surface area (Å²) in [5, 5.41) is 2.00. The van der Waals surface area contributed by atoms with Crippen LogP contribution in [0.15, 0.2) is 30.5 Å². The second-order valence-electron chi connectivity index (χ2n) is 6.43. The van der Waals surface area contributed by atoms with E-state index in [0.717, 1.165) is 28.2 Å². The molecule has 1 fully saturated rings. The van der Waals surface area contributed by atoms with E-state index in [1.807, 2.05) is 25.3 Å². The van der Waals surface area contributed by atoms with E-state index in [1.54, 1.807) is 11.3 Å². The number of thiazole rings is 1. The molecule has 1 aliphatic rings. The van der Waals surface area contributed by atoms with Crippen molar-refractivity contribution < 1.29 is 9.53 Å². The van der Waals surface area contributed by atoms with Crippen LogP contribution < -0.4 is 5.73 Å². The summed E-state index contributed by atoms with van der Waals surface area (Å²) >= 11 is 1.57. The van der Waals surface area contributed by atoms with Gasteiger partial charge in [0.25, 0.3) is 0 Å². The van der Waals surface area contributed by atoms with E-state index in [1.165, 1.54) is 10.9 Å². The third-order valence-electron chi connectivity index (χ3n) is 4.52. The van der Waals surface area contributed by atoms with Gasteiger partial charge in [0.05, 0.1) is 12.6 Å². The van der Waals surface area contributed by atoms with Crippen molar-refractivity contribution in [2.75, 3.05) is 6.61 Å². The molecule has 0 radical (unpaired) electrons. The number of benzene rings is 1. The van der Waals surface area contributed by atoms with E-state index < -0.39 is 0 Å². The first-order chi connectivity index (χ1) is 12.2. The smallest absolute Gasteiger partial charge is 0.358 e. The van der Waals surface area contributed by atoms with Gasteiger partial charge < -0.3 is 15.5 Å². The van der Waals surface area contributed by atoms with Gasteiger partial charge in [0.2, 0.25) is 0 Å². The fourth-order valence-electron chi connectivity index (χ4n) is 3.10. The molecule has 1 saturated carbocycles. The van der Waals surface area contributed by atoms with Crippen molar-refractivity contribution in [2.24, 2.45) is 5.73 Å². The fourth-order valence-corrected chi connectivity index (χ4v) is 4.33. The van der Waals surface area contributed by atoms with Gasteiger partial charge in [-0.05, 0) is 43.7 Å². The van der Waals surface area contributed by atoms with Crippen molar-refractivity contribution in [3.05, 3.63) is 51.6 Å². The average Bonchev–Trinajstić information content (AvgIpc) is 3.23. The van der Waals surface area contributed by atoms with E-state index in [4.69, 9.17) is 10.5 Å². The number of hydrogen-bond donors (Lipinski definition) is 2. The Morgan fingerprint density at radius 3 is 3.00 bits per heavy atom. The van der Waals surface area contributed by atoms with Crippen molar-refractivity contribution in [3.63, 3.8) is 0 Å². The average molecular weight is 355 g/mol. The van der Waals surface area contributed by atoms with Crippen LogP contribution in [0.1, 0.15) is 57.7 Å². The van der Waals surface area contributed by atoms with Crippen molar-refractivity contribution >= 4 is 28.2 Å². The SMILES string of the molecule is CCOC(=O)c1nc([C@H](N)Cc2c[nH]c3ccccc23)sc1C1CC1. The minimum atomic E-state index is -0.328. The number of rotatable bonds is 6. The van der Waals surface area contributed by atoms with Gasteiger partial charge in [-0.1, -0.05) is 18.2 Å². The van der Waals surface area contributed by atoms with Crippen molar-refractivity contribution in [3.8, 4) is 0 Å². The van der Waals surface area contributed by atoms with Crippen LogP contribution in [0.4, 0.5) is 0 Å². The van der Waals surface area contributed by atoms with E-state index in [2.05, 4.69) is 22.1 Å². The summed E-state index contributed by atoms with van der Waals surface area (Å²) in [6.45, 7) is 2.17. The first-order valence-corrected chi connectivity index (χ1v) is 9.47. The van der Waals surface area contributed by atoms with Crippen LogP contribution in [-0.2, 0) is 11.2 Å². The molecule has 25 heavy (non-hydrogen) atoms. The lowest BCUT2D eigenvalue weighted by Gasteiger charge is -2.07. The Hall–Kier alpha value is -2.18. The molecule has 5 nitrogen and oxygen atoms in total. The van der Waals surface area contributed by atoms with Gasteiger partial charge in [0.1, 0.15) is 5.01 Å². The molecule has 6 heteroatoms. The van der Waals surface area contributed by atoms with Gasteiger partial charge in [-0.15, -0.1) is 11.3 Å². The number of fused-ring (bicyclic) bond motifs is 1. The number of H-pyrrole nitrogens is 1. The summed E-state index contributed by atoms with van der Waals surface area (Å²) in [5.41, 5.74) is 9.18. The molecule has 130 valence electrons. The Labute approximate surface area is 150 Å². The molecule has 0 saturated heterocycles.